The van der Waals surface area contributed by atoms with E-state index in [0.29, 0.717) is 11.5 Å². The highest BCUT2D eigenvalue weighted by molar-refractivity contribution is 5.73. The van der Waals surface area contributed by atoms with Crippen LogP contribution in [0.1, 0.15) is 12.0 Å². The Morgan fingerprint density at radius 1 is 0.969 bits per heavy atom. The second kappa shape index (κ2) is 10.7. The molecule has 0 aliphatic heterocycles. The number of nitrogens with one attached hydrogen (secondary N) is 1. The number of benzene rings is 3. The number of aliphatic hydroxyl groups is 1. The molecule has 0 aliphatic carbocycles. The molecule has 0 radical (unpaired) electrons. The number of hydrogen-bond acceptors (Lipinski definition) is 5. The molecule has 0 aliphatic rings. The zero-order valence-electron chi connectivity index (χ0n) is 17.3. The maximum absolute atomic E-state index is 13.3. The topological polar surface area (TPSA) is 88.0 Å². The predicted octanol–water partition coefficient (Wildman–Crippen LogP) is 4.36. The first-order valence-electron chi connectivity index (χ1n) is 9.88. The maximum Gasteiger partial charge on any atom is 0.320 e. The smallest absolute Gasteiger partial charge is 0.320 e. The fraction of sp³-hybridized carbons (Fsp3) is 0.208. The molecule has 0 amide bonds. The van der Waals surface area contributed by atoms with Crippen LogP contribution in [0, 0.1) is 11.6 Å². The first kappa shape index (κ1) is 23.2. The molecule has 0 spiro atoms. The van der Waals surface area contributed by atoms with E-state index < -0.39 is 23.6 Å². The third-order valence-corrected chi connectivity index (χ3v) is 4.80. The number of carboxylic acids is 1. The normalized spacial score (nSPS) is 11.8. The van der Waals surface area contributed by atoms with Crippen molar-refractivity contribution < 1.29 is 33.3 Å². The van der Waals surface area contributed by atoms with Crippen molar-refractivity contribution in [1.29, 1.82) is 0 Å². The Morgan fingerprint density at radius 2 is 1.62 bits per heavy atom. The molecule has 0 bridgehead atoms. The monoisotopic (exact) mass is 443 g/mol. The minimum Gasteiger partial charge on any atom is -0.496 e. The van der Waals surface area contributed by atoms with Gasteiger partial charge in [0.25, 0.3) is 0 Å². The summed E-state index contributed by atoms with van der Waals surface area (Å²) in [6, 6.07) is 14.6. The molecule has 3 rings (SSSR count). The Labute approximate surface area is 184 Å². The van der Waals surface area contributed by atoms with Gasteiger partial charge in [-0.05, 0) is 35.7 Å². The average molecular weight is 443 g/mol. The third kappa shape index (κ3) is 6.03. The van der Waals surface area contributed by atoms with Gasteiger partial charge in [-0.1, -0.05) is 24.3 Å². The summed E-state index contributed by atoms with van der Waals surface area (Å²) < 4.78 is 37.6. The van der Waals surface area contributed by atoms with E-state index in [-0.39, 0.29) is 25.3 Å². The Bertz CT molecular complexity index is 1050. The van der Waals surface area contributed by atoms with Crippen molar-refractivity contribution in [2.75, 3.05) is 13.7 Å². The lowest BCUT2D eigenvalue weighted by Gasteiger charge is -2.16. The summed E-state index contributed by atoms with van der Waals surface area (Å²) in [5.74, 6) is -1.39. The van der Waals surface area contributed by atoms with Gasteiger partial charge in [0.2, 0.25) is 0 Å². The lowest BCUT2D eigenvalue weighted by atomic mass is 10.0. The summed E-state index contributed by atoms with van der Waals surface area (Å²) in [5.41, 5.74) is 2.50. The Balaban J connectivity index is 1.73. The fourth-order valence-electron chi connectivity index (χ4n) is 3.18. The van der Waals surface area contributed by atoms with Crippen LogP contribution in [0.25, 0.3) is 11.1 Å². The number of ether oxygens (including phenoxy) is 2. The van der Waals surface area contributed by atoms with E-state index in [1.807, 2.05) is 18.2 Å². The molecule has 6 nitrogen and oxygen atoms in total. The van der Waals surface area contributed by atoms with Crippen LogP contribution in [0.4, 0.5) is 8.78 Å². The van der Waals surface area contributed by atoms with E-state index in [4.69, 9.17) is 14.6 Å². The summed E-state index contributed by atoms with van der Waals surface area (Å²) >= 11 is 0. The molecule has 0 aromatic heterocycles. The van der Waals surface area contributed by atoms with Gasteiger partial charge >= 0.3 is 5.97 Å². The summed E-state index contributed by atoms with van der Waals surface area (Å²) in [7, 11) is 1.53. The Kier molecular flexibility index (Phi) is 7.75. The number of methoxy groups -OCH3 is 1. The zero-order valence-corrected chi connectivity index (χ0v) is 17.3. The number of halogens is 2. The number of carboxylic acid groups (broad SMARTS) is 1. The SMILES string of the molecule is COc1cc(-c2ccc(Oc3cc(F)cc(F)c3)cc2)ccc1CNC(CCO)C(=O)O. The lowest BCUT2D eigenvalue weighted by molar-refractivity contribution is -0.140. The molecule has 3 aromatic carbocycles. The van der Waals surface area contributed by atoms with Gasteiger partial charge in [-0.3, -0.25) is 4.79 Å². The first-order chi connectivity index (χ1) is 15.4. The number of aliphatic hydroxyl groups excluding tert-OH is 1. The van der Waals surface area contributed by atoms with Crippen molar-refractivity contribution in [3.8, 4) is 28.4 Å². The summed E-state index contributed by atoms with van der Waals surface area (Å²) in [6.45, 7) is 0.0330. The van der Waals surface area contributed by atoms with Crippen LogP contribution in [0.5, 0.6) is 17.2 Å². The maximum atomic E-state index is 13.3. The summed E-state index contributed by atoms with van der Waals surface area (Å²) in [4.78, 5) is 11.2. The quantitative estimate of drug-likeness (QED) is 0.432. The molecule has 0 heterocycles. The third-order valence-electron chi connectivity index (χ3n) is 4.80. The van der Waals surface area contributed by atoms with Gasteiger partial charge in [-0.2, -0.15) is 0 Å². The van der Waals surface area contributed by atoms with Crippen LogP contribution < -0.4 is 14.8 Å². The first-order valence-corrected chi connectivity index (χ1v) is 9.88. The molecule has 1 atom stereocenters. The molecular weight excluding hydrogens is 420 g/mol. The van der Waals surface area contributed by atoms with Gasteiger partial charge in [0.1, 0.15) is 34.9 Å². The minimum atomic E-state index is -1.03. The molecule has 3 aromatic rings. The predicted molar refractivity (Wildman–Crippen MR) is 115 cm³/mol. The van der Waals surface area contributed by atoms with Crippen molar-refractivity contribution in [3.63, 3.8) is 0 Å². The Morgan fingerprint density at radius 3 is 2.22 bits per heavy atom. The van der Waals surface area contributed by atoms with Gasteiger partial charge in [0, 0.05) is 36.9 Å². The molecule has 3 N–H and O–H groups in total. The van der Waals surface area contributed by atoms with Crippen molar-refractivity contribution in [2.24, 2.45) is 0 Å². The van der Waals surface area contributed by atoms with Gasteiger partial charge < -0.3 is 25.0 Å². The Hall–Kier alpha value is -3.49. The highest BCUT2D eigenvalue weighted by Crippen LogP contribution is 2.30. The second-order valence-electron chi connectivity index (χ2n) is 7.04. The van der Waals surface area contributed by atoms with Crippen molar-refractivity contribution in [1.82, 2.24) is 5.32 Å². The number of carbonyl (C=O) groups is 1. The molecule has 32 heavy (non-hydrogen) atoms. The molecule has 168 valence electrons. The molecule has 8 heteroatoms. The van der Waals surface area contributed by atoms with Crippen molar-refractivity contribution in [3.05, 3.63) is 77.9 Å². The largest absolute Gasteiger partial charge is 0.496 e. The second-order valence-corrected chi connectivity index (χ2v) is 7.04. The zero-order chi connectivity index (χ0) is 23.1. The molecule has 0 saturated heterocycles. The van der Waals surface area contributed by atoms with Crippen LogP contribution in [0.3, 0.4) is 0 Å². The van der Waals surface area contributed by atoms with E-state index >= 15 is 0 Å². The van der Waals surface area contributed by atoms with E-state index in [9.17, 15) is 18.7 Å². The standard InChI is InChI=1S/C24H23F2NO5/c1-31-23-10-16(2-3-17(23)14-27-22(8-9-28)24(29)30)15-4-6-20(7-5-15)32-21-12-18(25)11-19(26)13-21/h2-7,10-13,22,27-28H,8-9,14H2,1H3,(H,29,30). The van der Waals surface area contributed by atoms with Crippen molar-refractivity contribution >= 4 is 5.97 Å². The number of rotatable bonds is 10. The van der Waals surface area contributed by atoms with Crippen LogP contribution in [-0.4, -0.2) is 35.9 Å². The van der Waals surface area contributed by atoms with Crippen LogP contribution in [-0.2, 0) is 11.3 Å². The van der Waals surface area contributed by atoms with E-state index in [2.05, 4.69) is 5.32 Å². The highest BCUT2D eigenvalue weighted by Gasteiger charge is 2.17. The fourth-order valence-corrected chi connectivity index (χ4v) is 3.18. The molecule has 0 fully saturated rings. The van der Waals surface area contributed by atoms with Crippen molar-refractivity contribution in [2.45, 2.75) is 19.0 Å². The van der Waals surface area contributed by atoms with Crippen LogP contribution in [0.15, 0.2) is 60.7 Å². The van der Waals surface area contributed by atoms with Gasteiger partial charge in [0.05, 0.1) is 7.11 Å². The average Bonchev–Trinajstić information content (AvgIpc) is 2.76. The van der Waals surface area contributed by atoms with Crippen LogP contribution >= 0.6 is 0 Å². The highest BCUT2D eigenvalue weighted by atomic mass is 19.1. The number of aliphatic carboxylic acids is 1. The van der Waals surface area contributed by atoms with Crippen LogP contribution in [0.2, 0.25) is 0 Å². The van der Waals surface area contributed by atoms with E-state index in [1.165, 1.54) is 7.11 Å². The molecular formula is C24H23F2NO5. The molecule has 1 unspecified atom stereocenters. The van der Waals surface area contributed by atoms with Gasteiger partial charge in [0.15, 0.2) is 0 Å². The van der Waals surface area contributed by atoms with E-state index in [0.717, 1.165) is 34.9 Å². The lowest BCUT2D eigenvalue weighted by Crippen LogP contribution is -2.37. The molecule has 0 saturated carbocycles. The van der Waals surface area contributed by atoms with E-state index in [1.54, 1.807) is 24.3 Å². The number of hydrogen-bond donors (Lipinski definition) is 3. The van der Waals surface area contributed by atoms with Gasteiger partial charge in [-0.25, -0.2) is 8.78 Å². The summed E-state index contributed by atoms with van der Waals surface area (Å²) in [6.07, 6.45) is 0.104. The van der Waals surface area contributed by atoms with Gasteiger partial charge in [-0.15, -0.1) is 0 Å². The summed E-state index contributed by atoms with van der Waals surface area (Å²) in [5, 5.41) is 21.1. The minimum absolute atomic E-state index is 0.0645.